The Morgan fingerprint density at radius 2 is 2.27 bits per heavy atom. The first-order chi connectivity index (χ1) is 5.19. The number of nitrogens with one attached hydrogen (secondary N) is 1. The predicted octanol–water partition coefficient (Wildman–Crippen LogP) is 1.06. The number of hydrogen-bond acceptors (Lipinski definition) is 2. The van der Waals surface area contributed by atoms with Crippen molar-refractivity contribution < 1.29 is 4.79 Å². The van der Waals surface area contributed by atoms with Crippen molar-refractivity contribution in [2.75, 3.05) is 6.54 Å². The molecule has 62 valence electrons. The van der Waals surface area contributed by atoms with Gasteiger partial charge >= 0.3 is 0 Å². The molecule has 1 amide bonds. The minimum Gasteiger partial charge on any atom is -0.356 e. The quantitative estimate of drug-likeness (QED) is 0.614. The van der Waals surface area contributed by atoms with Gasteiger partial charge in [0.25, 0.3) is 0 Å². The van der Waals surface area contributed by atoms with Crippen LogP contribution in [0, 0.1) is 17.2 Å². The zero-order valence-electron chi connectivity index (χ0n) is 7.05. The van der Waals surface area contributed by atoms with Crippen LogP contribution in [0.1, 0.15) is 26.7 Å². The maximum Gasteiger partial charge on any atom is 0.225 e. The Labute approximate surface area is 67.4 Å². The summed E-state index contributed by atoms with van der Waals surface area (Å²) in [6.45, 7) is 8.45. The van der Waals surface area contributed by atoms with Crippen molar-refractivity contribution in [3.8, 4) is 6.57 Å². The third kappa shape index (κ3) is 1.94. The molecule has 0 bridgehead atoms. The molecule has 1 heterocycles. The van der Waals surface area contributed by atoms with Gasteiger partial charge in [0.05, 0.1) is 0 Å². The smallest absolute Gasteiger partial charge is 0.225 e. The van der Waals surface area contributed by atoms with Crippen LogP contribution >= 0.6 is 0 Å². The van der Waals surface area contributed by atoms with Crippen LogP contribution < -0.4 is 5.32 Å². The molecule has 1 N–H and O–H groups in total. The Hall–Kier alpha value is -1.04. The van der Waals surface area contributed by atoms with Crippen molar-refractivity contribution in [3.05, 3.63) is 0 Å². The average molecular weight is 154 g/mol. The average Bonchev–Trinajstić information content (AvgIpc) is 2.38. The summed E-state index contributed by atoms with van der Waals surface area (Å²) in [7, 11) is 0. The van der Waals surface area contributed by atoms with Gasteiger partial charge < -0.3 is 5.32 Å². The Morgan fingerprint density at radius 3 is 2.45 bits per heavy atom. The molecule has 1 atom stereocenters. The van der Waals surface area contributed by atoms with E-state index in [0.717, 1.165) is 19.4 Å². The van der Waals surface area contributed by atoms with Crippen LogP contribution in [0.3, 0.4) is 0 Å². The molecular formula is C8H14N2O. The fourth-order valence-electron chi connectivity index (χ4n) is 1.12. The summed E-state index contributed by atoms with van der Waals surface area (Å²) in [5, 5.41) is 9.32. The Morgan fingerprint density at radius 1 is 1.73 bits per heavy atom. The molecule has 1 aliphatic heterocycles. The van der Waals surface area contributed by atoms with Gasteiger partial charge in [-0.15, -0.1) is 0 Å². The lowest BCUT2D eigenvalue weighted by Crippen LogP contribution is -2.27. The molecule has 0 unspecified atom stereocenters. The van der Waals surface area contributed by atoms with Gasteiger partial charge in [-0.25, -0.2) is 5.26 Å². The molecule has 1 saturated heterocycles. The van der Waals surface area contributed by atoms with Gasteiger partial charge in [-0.05, 0) is 12.8 Å². The number of hydrogen-bond donors (Lipinski definition) is 1. The van der Waals surface area contributed by atoms with Gasteiger partial charge in [0, 0.05) is 18.5 Å². The maximum atomic E-state index is 11.0. The molecule has 1 rings (SSSR count). The summed E-state index contributed by atoms with van der Waals surface area (Å²) >= 11 is 0. The number of carbonyl (C=O) groups excluding carboxylic acids is 1. The van der Waals surface area contributed by atoms with E-state index in [-0.39, 0.29) is 11.3 Å². The summed E-state index contributed by atoms with van der Waals surface area (Å²) in [6.07, 6.45) is 1.96. The largest absolute Gasteiger partial charge is 0.356 e. The van der Waals surface area contributed by atoms with Crippen molar-refractivity contribution in [2.45, 2.75) is 26.7 Å². The van der Waals surface area contributed by atoms with Gasteiger partial charge in [-0.2, -0.15) is 0 Å². The van der Waals surface area contributed by atoms with Gasteiger partial charge in [-0.3, -0.25) is 4.79 Å². The highest BCUT2D eigenvalue weighted by Crippen LogP contribution is 2.28. The van der Waals surface area contributed by atoms with E-state index in [0.29, 0.717) is 0 Å². The van der Waals surface area contributed by atoms with Gasteiger partial charge in [0.15, 0.2) is 0 Å². The summed E-state index contributed by atoms with van der Waals surface area (Å²) < 4.78 is 0. The molecule has 0 aromatic heterocycles. The van der Waals surface area contributed by atoms with Crippen molar-refractivity contribution in [3.63, 3.8) is 0 Å². The zero-order valence-corrected chi connectivity index (χ0v) is 7.05. The second kappa shape index (κ2) is 3.97. The Bertz CT molecular complexity index is 165. The summed E-state index contributed by atoms with van der Waals surface area (Å²) in [5.74, 6) is 0.227. The molecule has 3 nitrogen and oxygen atoms in total. The molecule has 0 radical (unpaired) electrons. The minimum absolute atomic E-state index is 0.0556. The molecule has 11 heavy (non-hydrogen) atoms. The van der Waals surface area contributed by atoms with Gasteiger partial charge in [0.1, 0.15) is 0 Å². The lowest BCUT2D eigenvalue weighted by Gasteiger charge is -2.16. The van der Waals surface area contributed by atoms with E-state index in [1.54, 1.807) is 0 Å². The van der Waals surface area contributed by atoms with Crippen molar-refractivity contribution in [1.29, 1.82) is 5.26 Å². The zero-order chi connectivity index (χ0) is 8.91. The van der Waals surface area contributed by atoms with Crippen LogP contribution in [0.25, 0.3) is 0 Å². The molecule has 0 aromatic rings. The second-order valence-corrected chi connectivity index (χ2v) is 2.92. The van der Waals surface area contributed by atoms with Crippen LogP contribution in [0.2, 0.25) is 0 Å². The molecule has 0 aliphatic carbocycles. The monoisotopic (exact) mass is 154 g/mol. The van der Waals surface area contributed by atoms with Crippen LogP contribution in [-0.4, -0.2) is 12.5 Å². The number of nitrogens with zero attached hydrogens (tertiary/aromatic N) is 1. The standard InChI is InChI=1S/C7H13NO.CHN/c1-3-7(2)4-5-8-6(7)9;1-2/h3-5H2,1-2H3,(H,8,9);1H/t7-;/m1./s1. The molecule has 0 saturated carbocycles. The number of amides is 1. The van der Waals surface area contributed by atoms with E-state index >= 15 is 0 Å². The Kier molecular flexibility index (Phi) is 3.59. The van der Waals surface area contributed by atoms with E-state index in [9.17, 15) is 4.79 Å². The molecule has 1 aliphatic rings. The lowest BCUT2D eigenvalue weighted by molar-refractivity contribution is -0.126. The first-order valence-electron chi connectivity index (χ1n) is 3.73. The molecule has 0 aromatic carbocycles. The molecule has 1 fully saturated rings. The van der Waals surface area contributed by atoms with Crippen molar-refractivity contribution in [1.82, 2.24) is 5.32 Å². The number of carbonyl (C=O) groups is 1. The second-order valence-electron chi connectivity index (χ2n) is 2.92. The minimum atomic E-state index is -0.0556. The van der Waals surface area contributed by atoms with E-state index in [1.165, 1.54) is 0 Å². The third-order valence-electron chi connectivity index (χ3n) is 2.29. The number of nitriles is 1. The van der Waals surface area contributed by atoms with Crippen molar-refractivity contribution in [2.24, 2.45) is 5.41 Å². The van der Waals surface area contributed by atoms with Crippen LogP contribution in [0.15, 0.2) is 0 Å². The fourth-order valence-corrected chi connectivity index (χ4v) is 1.12. The molecule has 3 heteroatoms. The topological polar surface area (TPSA) is 52.9 Å². The highest BCUT2D eigenvalue weighted by Gasteiger charge is 2.35. The maximum absolute atomic E-state index is 11.0. The first-order valence-corrected chi connectivity index (χ1v) is 3.73. The van der Waals surface area contributed by atoms with Crippen LogP contribution in [-0.2, 0) is 4.79 Å². The summed E-state index contributed by atoms with van der Waals surface area (Å²) in [6, 6.07) is 0. The normalized spacial score (nSPS) is 28.5. The highest BCUT2D eigenvalue weighted by atomic mass is 16.2. The molecular weight excluding hydrogens is 140 g/mol. The van der Waals surface area contributed by atoms with Crippen LogP contribution in [0.5, 0.6) is 0 Å². The summed E-state index contributed by atoms with van der Waals surface area (Å²) in [4.78, 5) is 11.0. The Balaban J connectivity index is 0.000000461. The number of rotatable bonds is 1. The lowest BCUT2D eigenvalue weighted by atomic mass is 9.86. The van der Waals surface area contributed by atoms with Crippen LogP contribution in [0.4, 0.5) is 0 Å². The van der Waals surface area contributed by atoms with E-state index in [4.69, 9.17) is 5.26 Å². The van der Waals surface area contributed by atoms with E-state index in [2.05, 4.69) is 18.8 Å². The van der Waals surface area contributed by atoms with Gasteiger partial charge in [-0.1, -0.05) is 13.8 Å². The molecule has 0 spiro atoms. The third-order valence-corrected chi connectivity index (χ3v) is 2.29. The fraction of sp³-hybridized carbons (Fsp3) is 0.750. The predicted molar refractivity (Wildman–Crippen MR) is 42.7 cm³/mol. The van der Waals surface area contributed by atoms with E-state index in [1.807, 2.05) is 6.92 Å². The highest BCUT2D eigenvalue weighted by molar-refractivity contribution is 5.84. The SMILES string of the molecule is C#N.CC[C@]1(C)CCNC1=O. The summed E-state index contributed by atoms with van der Waals surface area (Å²) in [5.41, 5.74) is -0.0556. The van der Waals surface area contributed by atoms with Crippen molar-refractivity contribution >= 4 is 5.91 Å². The first kappa shape index (κ1) is 9.96. The van der Waals surface area contributed by atoms with E-state index < -0.39 is 0 Å². The van der Waals surface area contributed by atoms with Gasteiger partial charge in [0.2, 0.25) is 5.91 Å².